The molecule has 0 amide bonds. The van der Waals surface area contributed by atoms with Crippen molar-refractivity contribution in [1.29, 1.82) is 0 Å². The lowest BCUT2D eigenvalue weighted by atomic mass is 9.96. The highest BCUT2D eigenvalue weighted by Crippen LogP contribution is 2.22. The van der Waals surface area contributed by atoms with E-state index < -0.39 is 0 Å². The van der Waals surface area contributed by atoms with Crippen LogP contribution in [0.4, 0.5) is 0 Å². The van der Waals surface area contributed by atoms with Gasteiger partial charge in [0.25, 0.3) is 0 Å². The van der Waals surface area contributed by atoms with Gasteiger partial charge in [-0.2, -0.15) is 0 Å². The predicted octanol–water partition coefficient (Wildman–Crippen LogP) is 1.65. The van der Waals surface area contributed by atoms with Gasteiger partial charge in [0, 0.05) is 12.6 Å². The Morgan fingerprint density at radius 3 is 2.69 bits per heavy atom. The number of hydrogen-bond acceptors (Lipinski definition) is 2. The quantitative estimate of drug-likeness (QED) is 0.625. The molecular formula is C11H21NO. The van der Waals surface area contributed by atoms with Crippen LogP contribution in [0, 0.1) is 5.92 Å². The minimum atomic E-state index is -0.207. The van der Waals surface area contributed by atoms with Gasteiger partial charge >= 0.3 is 0 Å². The number of hydrogen-bond donors (Lipinski definition) is 1. The van der Waals surface area contributed by atoms with Crippen LogP contribution < -0.4 is 0 Å². The Hall–Kier alpha value is -0.340. The maximum atomic E-state index is 9.86. The van der Waals surface area contributed by atoms with E-state index in [2.05, 4.69) is 38.8 Å². The van der Waals surface area contributed by atoms with Gasteiger partial charge in [0.05, 0.1) is 6.10 Å². The molecule has 0 saturated heterocycles. The molecular weight excluding hydrogens is 162 g/mol. The van der Waals surface area contributed by atoms with Crippen molar-refractivity contribution in [3.63, 3.8) is 0 Å². The zero-order valence-electron chi connectivity index (χ0n) is 9.12. The smallest absolute Gasteiger partial charge is 0.0729 e. The minimum absolute atomic E-state index is 0.207. The normalized spacial score (nSPS) is 31.7. The third kappa shape index (κ3) is 2.55. The summed E-state index contributed by atoms with van der Waals surface area (Å²) in [5.41, 5.74) is 1.39. The number of rotatable bonds is 1. The standard InChI is InChI=1S/C11H21NO/c1-8(2)10-5-6-12(4)9(3)11(13)7-10/h5,8-9,11,13H,6-7H2,1-4H3/t9-,11+/m0/s1. The molecule has 0 unspecified atom stereocenters. The van der Waals surface area contributed by atoms with Gasteiger partial charge in [-0.05, 0) is 26.3 Å². The molecule has 0 aromatic heterocycles. The van der Waals surface area contributed by atoms with Gasteiger partial charge in [0.15, 0.2) is 0 Å². The van der Waals surface area contributed by atoms with Crippen LogP contribution in [0.25, 0.3) is 0 Å². The summed E-state index contributed by atoms with van der Waals surface area (Å²) in [7, 11) is 2.06. The maximum Gasteiger partial charge on any atom is 0.0729 e. The Kier molecular flexibility index (Phi) is 3.51. The topological polar surface area (TPSA) is 23.5 Å². The summed E-state index contributed by atoms with van der Waals surface area (Å²) in [6, 6.07) is 0.271. The Balaban J connectivity index is 2.71. The number of aliphatic hydroxyl groups is 1. The third-order valence-corrected chi connectivity index (χ3v) is 3.08. The first-order valence-corrected chi connectivity index (χ1v) is 5.09. The first-order chi connectivity index (χ1) is 6.02. The molecule has 1 N–H and O–H groups in total. The lowest BCUT2D eigenvalue weighted by Gasteiger charge is -2.25. The van der Waals surface area contributed by atoms with Crippen molar-refractivity contribution in [3.8, 4) is 0 Å². The molecule has 0 radical (unpaired) electrons. The third-order valence-electron chi connectivity index (χ3n) is 3.08. The van der Waals surface area contributed by atoms with Crippen LogP contribution in [0.15, 0.2) is 11.6 Å². The predicted molar refractivity (Wildman–Crippen MR) is 55.6 cm³/mol. The maximum absolute atomic E-state index is 9.86. The van der Waals surface area contributed by atoms with Crippen LogP contribution in [-0.4, -0.2) is 35.7 Å². The van der Waals surface area contributed by atoms with E-state index in [1.54, 1.807) is 0 Å². The average molecular weight is 183 g/mol. The molecule has 0 bridgehead atoms. The average Bonchev–Trinajstić information content (AvgIpc) is 2.19. The van der Waals surface area contributed by atoms with E-state index in [0.29, 0.717) is 5.92 Å². The van der Waals surface area contributed by atoms with Crippen molar-refractivity contribution in [3.05, 3.63) is 11.6 Å². The fraction of sp³-hybridized carbons (Fsp3) is 0.818. The molecule has 0 saturated carbocycles. The summed E-state index contributed by atoms with van der Waals surface area (Å²) in [6.07, 6.45) is 2.89. The van der Waals surface area contributed by atoms with Gasteiger partial charge in [-0.25, -0.2) is 0 Å². The van der Waals surface area contributed by atoms with E-state index >= 15 is 0 Å². The molecule has 2 nitrogen and oxygen atoms in total. The molecule has 0 fully saturated rings. The van der Waals surface area contributed by atoms with Crippen LogP contribution in [0.2, 0.25) is 0 Å². The highest BCUT2D eigenvalue weighted by Gasteiger charge is 2.23. The molecule has 0 spiro atoms. The van der Waals surface area contributed by atoms with E-state index in [4.69, 9.17) is 0 Å². The summed E-state index contributed by atoms with van der Waals surface area (Å²) >= 11 is 0. The Morgan fingerprint density at radius 1 is 1.54 bits per heavy atom. The van der Waals surface area contributed by atoms with Crippen LogP contribution in [0.5, 0.6) is 0 Å². The highest BCUT2D eigenvalue weighted by atomic mass is 16.3. The second-order valence-corrected chi connectivity index (χ2v) is 4.39. The van der Waals surface area contributed by atoms with Gasteiger partial charge in [-0.1, -0.05) is 25.5 Å². The Bertz CT molecular complexity index is 198. The van der Waals surface area contributed by atoms with E-state index in [-0.39, 0.29) is 12.1 Å². The molecule has 0 aliphatic carbocycles. The molecule has 2 atom stereocenters. The largest absolute Gasteiger partial charge is 0.391 e. The van der Waals surface area contributed by atoms with E-state index in [9.17, 15) is 5.11 Å². The lowest BCUT2D eigenvalue weighted by molar-refractivity contribution is 0.0830. The number of aliphatic hydroxyl groups excluding tert-OH is 1. The van der Waals surface area contributed by atoms with Gasteiger partial charge in [0.2, 0.25) is 0 Å². The van der Waals surface area contributed by atoms with Crippen molar-refractivity contribution in [2.24, 2.45) is 5.92 Å². The second-order valence-electron chi connectivity index (χ2n) is 4.39. The fourth-order valence-electron chi connectivity index (χ4n) is 1.69. The molecule has 1 aliphatic heterocycles. The summed E-state index contributed by atoms with van der Waals surface area (Å²) in [5, 5.41) is 9.86. The fourth-order valence-corrected chi connectivity index (χ4v) is 1.69. The van der Waals surface area contributed by atoms with Crippen molar-refractivity contribution in [1.82, 2.24) is 4.90 Å². The summed E-state index contributed by atoms with van der Waals surface area (Å²) < 4.78 is 0. The van der Waals surface area contributed by atoms with Crippen LogP contribution in [0.1, 0.15) is 27.2 Å². The molecule has 1 heterocycles. The molecule has 0 aromatic rings. The highest BCUT2D eigenvalue weighted by molar-refractivity contribution is 5.10. The van der Waals surface area contributed by atoms with Crippen molar-refractivity contribution < 1.29 is 5.11 Å². The Morgan fingerprint density at radius 2 is 2.15 bits per heavy atom. The first kappa shape index (κ1) is 10.7. The molecule has 2 heteroatoms. The summed E-state index contributed by atoms with van der Waals surface area (Å²) in [6.45, 7) is 7.43. The SMILES string of the molecule is CC(C)C1=CCN(C)[C@@H](C)[C@H](O)C1. The molecule has 0 aromatic carbocycles. The number of nitrogens with zero attached hydrogens (tertiary/aromatic N) is 1. The lowest BCUT2D eigenvalue weighted by Crippen LogP contribution is -2.37. The van der Waals surface area contributed by atoms with Gasteiger partial charge in [0.1, 0.15) is 0 Å². The summed E-state index contributed by atoms with van der Waals surface area (Å²) in [4.78, 5) is 2.19. The monoisotopic (exact) mass is 183 g/mol. The molecule has 13 heavy (non-hydrogen) atoms. The molecule has 1 rings (SSSR count). The van der Waals surface area contributed by atoms with Crippen molar-refractivity contribution in [2.75, 3.05) is 13.6 Å². The van der Waals surface area contributed by atoms with Crippen LogP contribution in [0.3, 0.4) is 0 Å². The molecule has 76 valence electrons. The van der Waals surface area contributed by atoms with E-state index in [1.807, 2.05) is 0 Å². The van der Waals surface area contributed by atoms with Gasteiger partial charge in [-0.15, -0.1) is 0 Å². The van der Waals surface area contributed by atoms with Crippen molar-refractivity contribution >= 4 is 0 Å². The van der Waals surface area contributed by atoms with Gasteiger partial charge in [-0.3, -0.25) is 4.90 Å². The van der Waals surface area contributed by atoms with Gasteiger partial charge < -0.3 is 5.11 Å². The number of likely N-dealkylation sites (N-methyl/N-ethyl adjacent to an activating group) is 1. The Labute approximate surface area is 81.2 Å². The zero-order chi connectivity index (χ0) is 10.0. The zero-order valence-corrected chi connectivity index (χ0v) is 9.12. The van der Waals surface area contributed by atoms with E-state index in [1.165, 1.54) is 5.57 Å². The molecule has 1 aliphatic rings. The minimum Gasteiger partial charge on any atom is -0.391 e. The van der Waals surface area contributed by atoms with Crippen LogP contribution >= 0.6 is 0 Å². The first-order valence-electron chi connectivity index (χ1n) is 5.09. The second kappa shape index (κ2) is 4.25. The van der Waals surface area contributed by atoms with Crippen molar-refractivity contribution in [2.45, 2.75) is 39.3 Å². The summed E-state index contributed by atoms with van der Waals surface area (Å²) in [5.74, 6) is 0.563. The van der Waals surface area contributed by atoms with Crippen LogP contribution in [-0.2, 0) is 0 Å². The van der Waals surface area contributed by atoms with E-state index in [0.717, 1.165) is 13.0 Å².